The maximum atomic E-state index is 12.2. The summed E-state index contributed by atoms with van der Waals surface area (Å²) in [7, 11) is 0. The molecule has 0 spiro atoms. The number of fused-ring (bicyclic) bond motifs is 1. The van der Waals surface area contributed by atoms with Crippen LogP contribution >= 0.6 is 0 Å². The Balaban J connectivity index is 1.53. The van der Waals surface area contributed by atoms with Gasteiger partial charge in [0.2, 0.25) is 5.91 Å². The number of ether oxygens (including phenoxy) is 2. The zero-order chi connectivity index (χ0) is 16.2. The normalized spacial score (nSPS) is 16.0. The summed E-state index contributed by atoms with van der Waals surface area (Å²) in [5.74, 6) is 1.49. The second kappa shape index (κ2) is 6.73. The van der Waals surface area contributed by atoms with E-state index in [1.54, 1.807) is 0 Å². The number of hydrogen-bond donors (Lipinski definition) is 1. The lowest BCUT2D eigenvalue weighted by atomic mass is 10.0. The first-order valence-electron chi connectivity index (χ1n) is 7.83. The molecule has 120 valence electrons. The summed E-state index contributed by atoms with van der Waals surface area (Å²) in [5, 5.41) is 2.93. The quantitative estimate of drug-likeness (QED) is 0.944. The van der Waals surface area contributed by atoms with Gasteiger partial charge in [0.1, 0.15) is 12.7 Å². The third-order valence-corrected chi connectivity index (χ3v) is 3.95. The van der Waals surface area contributed by atoms with E-state index >= 15 is 0 Å². The molecule has 1 N–H and O–H groups in total. The highest BCUT2D eigenvalue weighted by molar-refractivity contribution is 5.79. The van der Waals surface area contributed by atoms with Gasteiger partial charge in [-0.3, -0.25) is 4.79 Å². The van der Waals surface area contributed by atoms with Crippen LogP contribution in [0.2, 0.25) is 0 Å². The zero-order valence-corrected chi connectivity index (χ0v) is 13.5. The third kappa shape index (κ3) is 3.83. The van der Waals surface area contributed by atoms with E-state index in [9.17, 15) is 4.79 Å². The lowest BCUT2D eigenvalue weighted by Gasteiger charge is -2.26. The van der Waals surface area contributed by atoms with Crippen molar-refractivity contribution in [1.82, 2.24) is 5.32 Å². The Labute approximate surface area is 136 Å². The lowest BCUT2D eigenvalue weighted by Crippen LogP contribution is -2.41. The van der Waals surface area contributed by atoms with Crippen molar-refractivity contribution in [3.63, 3.8) is 0 Å². The van der Waals surface area contributed by atoms with Gasteiger partial charge in [-0.05, 0) is 37.1 Å². The number of carbonyl (C=O) groups is 1. The van der Waals surface area contributed by atoms with E-state index in [4.69, 9.17) is 9.47 Å². The molecular formula is C19H21NO3. The van der Waals surface area contributed by atoms with Gasteiger partial charge in [-0.1, -0.05) is 35.9 Å². The molecule has 4 heteroatoms. The van der Waals surface area contributed by atoms with Crippen LogP contribution in [-0.2, 0) is 11.2 Å². The van der Waals surface area contributed by atoms with E-state index in [0.29, 0.717) is 19.6 Å². The number of aryl methyl sites for hydroxylation is 2. The largest absolute Gasteiger partial charge is 0.486 e. The second-order valence-electron chi connectivity index (χ2n) is 5.91. The molecule has 2 aromatic carbocycles. The molecule has 0 radical (unpaired) electrons. The first kappa shape index (κ1) is 15.4. The molecule has 0 unspecified atom stereocenters. The predicted octanol–water partition coefficient (Wildman–Crippen LogP) is 2.80. The summed E-state index contributed by atoms with van der Waals surface area (Å²) in [6, 6.07) is 13.7. The Morgan fingerprint density at radius 3 is 2.78 bits per heavy atom. The lowest BCUT2D eigenvalue weighted by molar-refractivity contribution is -0.120. The highest BCUT2D eigenvalue weighted by Crippen LogP contribution is 2.30. The van der Waals surface area contributed by atoms with Crippen LogP contribution in [0.4, 0.5) is 0 Å². The van der Waals surface area contributed by atoms with Crippen LogP contribution < -0.4 is 14.8 Å². The summed E-state index contributed by atoms with van der Waals surface area (Å²) in [5.41, 5.74) is 3.37. The number of carbonyl (C=O) groups excluding carboxylic acids is 1. The maximum Gasteiger partial charge on any atom is 0.224 e. The van der Waals surface area contributed by atoms with E-state index < -0.39 is 0 Å². The minimum absolute atomic E-state index is 0.00107. The van der Waals surface area contributed by atoms with Gasteiger partial charge in [-0.25, -0.2) is 0 Å². The van der Waals surface area contributed by atoms with Crippen molar-refractivity contribution >= 4 is 5.91 Å². The van der Waals surface area contributed by atoms with E-state index in [-0.39, 0.29) is 12.0 Å². The molecule has 0 bridgehead atoms. The first-order chi connectivity index (χ1) is 11.1. The molecular weight excluding hydrogens is 290 g/mol. The monoisotopic (exact) mass is 311 g/mol. The van der Waals surface area contributed by atoms with E-state index in [0.717, 1.165) is 22.6 Å². The van der Waals surface area contributed by atoms with Crippen LogP contribution in [0.25, 0.3) is 0 Å². The predicted molar refractivity (Wildman–Crippen MR) is 89.0 cm³/mol. The highest BCUT2D eigenvalue weighted by atomic mass is 16.6. The van der Waals surface area contributed by atoms with Crippen LogP contribution in [0.5, 0.6) is 11.5 Å². The minimum atomic E-state index is -0.160. The van der Waals surface area contributed by atoms with Crippen LogP contribution in [0.3, 0.4) is 0 Å². The molecule has 1 heterocycles. The molecule has 1 aliphatic rings. The average molecular weight is 311 g/mol. The molecule has 0 aliphatic carbocycles. The summed E-state index contributed by atoms with van der Waals surface area (Å²) >= 11 is 0. The summed E-state index contributed by atoms with van der Waals surface area (Å²) in [6.45, 7) is 4.95. The minimum Gasteiger partial charge on any atom is -0.486 e. The van der Waals surface area contributed by atoms with Gasteiger partial charge >= 0.3 is 0 Å². The van der Waals surface area contributed by atoms with Crippen molar-refractivity contribution < 1.29 is 14.3 Å². The van der Waals surface area contributed by atoms with Crippen molar-refractivity contribution in [3.8, 4) is 11.5 Å². The fraction of sp³-hybridized carbons (Fsp3) is 0.316. The number of benzene rings is 2. The van der Waals surface area contributed by atoms with Crippen molar-refractivity contribution in [2.24, 2.45) is 0 Å². The summed E-state index contributed by atoms with van der Waals surface area (Å²) in [6.07, 6.45) is 0.227. The standard InChI is InChI=1S/C19H21NO3/c1-13-7-8-14(2)15(9-13)10-19(21)20-11-16-12-22-17-5-3-4-6-18(17)23-16/h3-9,16H,10-12H2,1-2H3,(H,20,21)/t16-/m1/s1. The molecule has 0 aromatic heterocycles. The Bertz CT molecular complexity index is 712. The fourth-order valence-electron chi connectivity index (χ4n) is 2.62. The number of hydrogen-bond acceptors (Lipinski definition) is 3. The van der Waals surface area contributed by atoms with Gasteiger partial charge in [-0.15, -0.1) is 0 Å². The molecule has 3 rings (SSSR count). The molecule has 4 nitrogen and oxygen atoms in total. The molecule has 23 heavy (non-hydrogen) atoms. The highest BCUT2D eigenvalue weighted by Gasteiger charge is 2.21. The molecule has 1 atom stereocenters. The van der Waals surface area contributed by atoms with E-state index in [1.165, 1.54) is 5.56 Å². The van der Waals surface area contributed by atoms with Crippen LogP contribution in [0.1, 0.15) is 16.7 Å². The van der Waals surface area contributed by atoms with Crippen LogP contribution in [0.15, 0.2) is 42.5 Å². The molecule has 0 fully saturated rings. The van der Waals surface area contributed by atoms with E-state index in [1.807, 2.05) is 44.2 Å². The fourth-order valence-corrected chi connectivity index (χ4v) is 2.62. The maximum absolute atomic E-state index is 12.2. The second-order valence-corrected chi connectivity index (χ2v) is 5.91. The van der Waals surface area contributed by atoms with Crippen LogP contribution in [0, 0.1) is 13.8 Å². The summed E-state index contributed by atoms with van der Waals surface area (Å²) in [4.78, 5) is 12.2. The van der Waals surface area contributed by atoms with Gasteiger partial charge in [0.25, 0.3) is 0 Å². The van der Waals surface area contributed by atoms with Gasteiger partial charge in [-0.2, -0.15) is 0 Å². The number of amides is 1. The van der Waals surface area contributed by atoms with Crippen molar-refractivity contribution in [3.05, 3.63) is 59.2 Å². The number of nitrogens with one attached hydrogen (secondary N) is 1. The van der Waals surface area contributed by atoms with Gasteiger partial charge < -0.3 is 14.8 Å². The molecule has 1 amide bonds. The van der Waals surface area contributed by atoms with Gasteiger partial charge in [0.15, 0.2) is 11.5 Å². The zero-order valence-electron chi connectivity index (χ0n) is 13.5. The summed E-state index contributed by atoms with van der Waals surface area (Å²) < 4.78 is 11.5. The molecule has 0 saturated carbocycles. The van der Waals surface area contributed by atoms with Gasteiger partial charge in [0.05, 0.1) is 13.0 Å². The topological polar surface area (TPSA) is 47.6 Å². The smallest absolute Gasteiger partial charge is 0.224 e. The van der Waals surface area contributed by atoms with Crippen LogP contribution in [-0.4, -0.2) is 25.2 Å². The average Bonchev–Trinajstić information content (AvgIpc) is 2.56. The van der Waals surface area contributed by atoms with Gasteiger partial charge in [0, 0.05) is 0 Å². The first-order valence-corrected chi connectivity index (χ1v) is 7.83. The third-order valence-electron chi connectivity index (χ3n) is 3.95. The Hall–Kier alpha value is -2.49. The SMILES string of the molecule is Cc1ccc(C)c(CC(=O)NC[C@@H]2COc3ccccc3O2)c1. The number of para-hydroxylation sites is 2. The van der Waals surface area contributed by atoms with E-state index in [2.05, 4.69) is 17.4 Å². The van der Waals surface area contributed by atoms with Crippen molar-refractivity contribution in [2.75, 3.05) is 13.2 Å². The van der Waals surface area contributed by atoms with Crippen molar-refractivity contribution in [2.45, 2.75) is 26.4 Å². The Morgan fingerprint density at radius 1 is 1.17 bits per heavy atom. The molecule has 0 saturated heterocycles. The Kier molecular flexibility index (Phi) is 4.51. The molecule has 1 aliphatic heterocycles. The molecule has 2 aromatic rings. The van der Waals surface area contributed by atoms with Crippen molar-refractivity contribution in [1.29, 1.82) is 0 Å². The Morgan fingerprint density at radius 2 is 1.96 bits per heavy atom. The number of rotatable bonds is 4.